The first-order valence-corrected chi connectivity index (χ1v) is 15.1. The number of nitrogens with one attached hydrogen (secondary N) is 1. The van der Waals surface area contributed by atoms with Crippen LogP contribution in [0.5, 0.6) is 5.75 Å². The van der Waals surface area contributed by atoms with Gasteiger partial charge in [-0.25, -0.2) is 9.97 Å². The van der Waals surface area contributed by atoms with Crippen LogP contribution in [0.4, 0.5) is 5.82 Å². The van der Waals surface area contributed by atoms with Crippen LogP contribution in [0.3, 0.4) is 0 Å². The molecule has 1 amide bonds. The molecular weight excluding hydrogens is 590 g/mol. The lowest BCUT2D eigenvalue weighted by Gasteiger charge is -2.21. The summed E-state index contributed by atoms with van der Waals surface area (Å²) in [4.78, 5) is 36.8. The molecule has 0 radical (unpaired) electrons. The van der Waals surface area contributed by atoms with Crippen molar-refractivity contribution in [1.29, 1.82) is 0 Å². The number of nitrogen functional groups attached to an aromatic ring is 1. The van der Waals surface area contributed by atoms with Crippen molar-refractivity contribution in [1.82, 2.24) is 29.6 Å². The Balaban J connectivity index is 1.37. The highest BCUT2D eigenvalue weighted by molar-refractivity contribution is 5.97. The number of carbonyl (C=O) groups excluding carboxylic acids is 1. The Morgan fingerprint density at radius 3 is 2.43 bits per heavy atom. The Hall–Kier alpha value is -6.21. The number of aryl methyl sites for hydroxylation is 1. The topological polar surface area (TPSA) is 130 Å². The van der Waals surface area contributed by atoms with Gasteiger partial charge in [0.25, 0.3) is 11.5 Å². The highest BCUT2D eigenvalue weighted by Gasteiger charge is 2.22. The largest absolute Gasteiger partial charge is 0.491 e. The quantitative estimate of drug-likeness (QED) is 0.227. The maximum absolute atomic E-state index is 14.3. The monoisotopic (exact) mass is 623 g/mol. The first-order chi connectivity index (χ1) is 22.7. The lowest BCUT2D eigenvalue weighted by atomic mass is 10.0. The minimum absolute atomic E-state index is 0.00621. The van der Waals surface area contributed by atoms with Gasteiger partial charge in [0, 0.05) is 35.8 Å². The van der Waals surface area contributed by atoms with E-state index >= 15 is 0 Å². The fraction of sp³-hybridized carbons (Fsp3) is 0.162. The zero-order valence-electron chi connectivity index (χ0n) is 26.4. The maximum atomic E-state index is 14.3. The molecule has 0 fully saturated rings. The summed E-state index contributed by atoms with van der Waals surface area (Å²) < 4.78 is 9.01. The van der Waals surface area contributed by atoms with E-state index in [1.54, 1.807) is 9.25 Å². The molecule has 0 bridgehead atoms. The van der Waals surface area contributed by atoms with Crippen molar-refractivity contribution in [2.24, 2.45) is 7.05 Å². The molecule has 10 heteroatoms. The summed E-state index contributed by atoms with van der Waals surface area (Å²) >= 11 is 0. The highest BCUT2D eigenvalue weighted by atomic mass is 16.5. The fourth-order valence-corrected chi connectivity index (χ4v) is 5.28. The van der Waals surface area contributed by atoms with Crippen LogP contribution in [-0.2, 0) is 7.05 Å². The van der Waals surface area contributed by atoms with Gasteiger partial charge in [-0.3, -0.25) is 18.8 Å². The molecule has 3 N–H and O–H groups in total. The molecule has 3 aromatic heterocycles. The normalized spacial score (nSPS) is 11.6. The van der Waals surface area contributed by atoms with Crippen LogP contribution >= 0.6 is 0 Å². The van der Waals surface area contributed by atoms with Gasteiger partial charge in [0.15, 0.2) is 11.5 Å². The van der Waals surface area contributed by atoms with E-state index in [4.69, 9.17) is 10.5 Å². The van der Waals surface area contributed by atoms with Crippen molar-refractivity contribution in [3.8, 4) is 34.5 Å². The molecule has 6 rings (SSSR count). The van der Waals surface area contributed by atoms with Gasteiger partial charge in [-0.05, 0) is 86.7 Å². The summed E-state index contributed by atoms with van der Waals surface area (Å²) in [6, 6.07) is 25.3. The van der Waals surface area contributed by atoms with Crippen molar-refractivity contribution >= 4 is 22.5 Å². The Morgan fingerprint density at radius 1 is 0.957 bits per heavy atom. The van der Waals surface area contributed by atoms with Crippen molar-refractivity contribution in [3.05, 3.63) is 130 Å². The van der Waals surface area contributed by atoms with Gasteiger partial charge in [-0.1, -0.05) is 36.3 Å². The summed E-state index contributed by atoms with van der Waals surface area (Å²) in [6.45, 7) is 5.72. The second-order valence-corrected chi connectivity index (χ2v) is 11.3. The van der Waals surface area contributed by atoms with E-state index in [9.17, 15) is 9.59 Å². The van der Waals surface area contributed by atoms with E-state index in [-0.39, 0.29) is 23.2 Å². The average Bonchev–Trinajstić information content (AvgIpc) is 3.49. The number of benzene rings is 3. The van der Waals surface area contributed by atoms with Gasteiger partial charge in [0.05, 0.1) is 29.4 Å². The zero-order valence-corrected chi connectivity index (χ0v) is 26.4. The number of fused-ring (bicyclic) bond motifs is 1. The van der Waals surface area contributed by atoms with E-state index in [1.807, 2.05) is 119 Å². The van der Waals surface area contributed by atoms with Crippen LogP contribution in [-0.4, -0.2) is 36.3 Å². The molecule has 0 aliphatic rings. The average molecular weight is 624 g/mol. The van der Waals surface area contributed by atoms with Crippen molar-refractivity contribution in [2.75, 3.05) is 5.73 Å². The summed E-state index contributed by atoms with van der Waals surface area (Å²) in [5.41, 5.74) is 9.50. The summed E-state index contributed by atoms with van der Waals surface area (Å²) in [7, 11) is 1.82. The number of nitrogens with two attached hydrogens (primary N) is 1. The Morgan fingerprint density at radius 2 is 1.72 bits per heavy atom. The first kappa shape index (κ1) is 30.8. The molecule has 0 spiro atoms. The number of hydrogen-bond acceptors (Lipinski definition) is 7. The molecule has 6 aromatic rings. The van der Waals surface area contributed by atoms with Gasteiger partial charge in [0.2, 0.25) is 0 Å². The Bertz CT molecular complexity index is 2210. The molecule has 0 aliphatic carbocycles. The van der Waals surface area contributed by atoms with E-state index in [1.165, 1.54) is 6.20 Å². The Kier molecular flexibility index (Phi) is 8.54. The van der Waals surface area contributed by atoms with Crippen LogP contribution in [0.15, 0.2) is 102 Å². The molecule has 10 nitrogen and oxygen atoms in total. The predicted molar refractivity (Wildman–Crippen MR) is 182 cm³/mol. The van der Waals surface area contributed by atoms with Crippen LogP contribution in [0.1, 0.15) is 54.3 Å². The van der Waals surface area contributed by atoms with Gasteiger partial charge in [-0.15, -0.1) is 0 Å². The number of carbonyl (C=O) groups is 1. The molecule has 3 heterocycles. The molecule has 0 aliphatic heterocycles. The first-order valence-electron chi connectivity index (χ1n) is 15.1. The lowest BCUT2D eigenvalue weighted by Crippen LogP contribution is -2.33. The molecule has 0 saturated heterocycles. The number of pyridine rings is 1. The third kappa shape index (κ3) is 6.60. The minimum Gasteiger partial charge on any atom is -0.491 e. The van der Waals surface area contributed by atoms with Gasteiger partial charge >= 0.3 is 0 Å². The number of nitrogens with zero attached hydrogens (tertiary/aromatic N) is 5. The van der Waals surface area contributed by atoms with Crippen molar-refractivity contribution in [3.63, 3.8) is 0 Å². The zero-order chi connectivity index (χ0) is 33.1. The second kappa shape index (κ2) is 13.0. The summed E-state index contributed by atoms with van der Waals surface area (Å²) in [6.07, 6.45) is 3.38. The maximum Gasteiger partial charge on any atom is 0.274 e. The minimum atomic E-state index is -0.625. The molecular formula is C37H33N7O3. The van der Waals surface area contributed by atoms with E-state index in [0.29, 0.717) is 39.1 Å². The van der Waals surface area contributed by atoms with Crippen molar-refractivity contribution < 1.29 is 9.53 Å². The molecule has 0 unspecified atom stereocenters. The molecule has 1 atom stereocenters. The number of hydrogen-bond donors (Lipinski definition) is 2. The molecule has 234 valence electrons. The SMILES string of the molecule is CC(C)Oc1ccc(-c2cnc(N)c(C(=O)N[C@H](C)c3cc4cccc(C#Cc5ccn(C)n5)c4c(=O)n3-c3ccccc3)n2)cc1. The number of para-hydroxylation sites is 1. The third-order valence-electron chi connectivity index (χ3n) is 7.46. The van der Waals surface area contributed by atoms with Crippen LogP contribution in [0.25, 0.3) is 27.7 Å². The standard InChI is InChI=1S/C37H33N7O3/c1-23(2)47-30-17-14-25(15-18-30)31-22-39-35(38)34(41-31)36(45)40-24(3)32-21-27-10-8-9-26(13-16-28-19-20-43(4)42-28)33(27)37(46)44(32)29-11-6-5-7-12-29/h5-12,14-15,17-24H,1-4H3,(H2,38,39)(H,40,45)/t24-/m1/s1. The fourth-order valence-electron chi connectivity index (χ4n) is 5.28. The van der Waals surface area contributed by atoms with Crippen LogP contribution in [0.2, 0.25) is 0 Å². The van der Waals surface area contributed by atoms with Crippen LogP contribution < -0.4 is 21.3 Å². The summed E-state index contributed by atoms with van der Waals surface area (Å²) in [5.74, 6) is 6.39. The number of rotatable bonds is 7. The number of aromatic nitrogens is 5. The van der Waals surface area contributed by atoms with Gasteiger partial charge in [0.1, 0.15) is 11.4 Å². The predicted octanol–water partition coefficient (Wildman–Crippen LogP) is 5.44. The smallest absolute Gasteiger partial charge is 0.274 e. The van der Waals surface area contributed by atoms with Gasteiger partial charge < -0.3 is 15.8 Å². The van der Waals surface area contributed by atoms with E-state index in [0.717, 1.165) is 11.3 Å². The number of anilines is 1. The van der Waals surface area contributed by atoms with E-state index < -0.39 is 11.9 Å². The highest BCUT2D eigenvalue weighted by Crippen LogP contribution is 2.25. The van der Waals surface area contributed by atoms with Crippen LogP contribution in [0, 0.1) is 11.8 Å². The molecule has 0 saturated carbocycles. The van der Waals surface area contributed by atoms with Gasteiger partial charge in [-0.2, -0.15) is 5.10 Å². The number of ether oxygens (including phenoxy) is 1. The Labute approximate surface area is 271 Å². The third-order valence-corrected chi connectivity index (χ3v) is 7.46. The number of amides is 1. The molecule has 3 aromatic carbocycles. The molecule has 47 heavy (non-hydrogen) atoms. The van der Waals surface area contributed by atoms with Crippen molar-refractivity contribution in [2.45, 2.75) is 32.9 Å². The second-order valence-electron chi connectivity index (χ2n) is 11.3. The lowest BCUT2D eigenvalue weighted by molar-refractivity contribution is 0.0934. The summed E-state index contributed by atoms with van der Waals surface area (Å²) in [5, 5.41) is 8.47. The van der Waals surface area contributed by atoms with E-state index in [2.05, 4.69) is 32.2 Å².